The van der Waals surface area contributed by atoms with E-state index in [0.29, 0.717) is 13.1 Å². The molecule has 2 amide bonds. The highest BCUT2D eigenvalue weighted by atomic mass is 16.5. The van der Waals surface area contributed by atoms with Crippen LogP contribution in [0.5, 0.6) is 5.75 Å². The van der Waals surface area contributed by atoms with Gasteiger partial charge in [0, 0.05) is 25.2 Å². The molecule has 1 saturated heterocycles. The predicted octanol–water partition coefficient (Wildman–Crippen LogP) is 3.30. The van der Waals surface area contributed by atoms with E-state index in [2.05, 4.69) is 5.32 Å². The number of methoxy groups -OCH3 is 1. The van der Waals surface area contributed by atoms with Crippen LogP contribution in [0.3, 0.4) is 0 Å². The summed E-state index contributed by atoms with van der Waals surface area (Å²) in [6, 6.07) is 13.5. The Balaban J connectivity index is 1.60. The minimum atomic E-state index is -0.317. The molecule has 1 aliphatic heterocycles. The fraction of sp³-hybridized carbons (Fsp3) is 0.333. The molecule has 1 heterocycles. The molecule has 2 aromatic carbocycles. The van der Waals surface area contributed by atoms with Crippen molar-refractivity contribution in [2.45, 2.75) is 26.8 Å². The summed E-state index contributed by atoms with van der Waals surface area (Å²) in [5, 5.41) is 2.94. The summed E-state index contributed by atoms with van der Waals surface area (Å²) in [5.74, 6) is 0.384. The van der Waals surface area contributed by atoms with Gasteiger partial charge in [-0.05, 0) is 54.8 Å². The molecule has 0 aromatic heterocycles. The maximum Gasteiger partial charge on any atom is 0.229 e. The van der Waals surface area contributed by atoms with Crippen molar-refractivity contribution in [3.8, 4) is 5.75 Å². The molecule has 1 N–H and O–H groups in total. The van der Waals surface area contributed by atoms with E-state index < -0.39 is 0 Å². The Kier molecular flexibility index (Phi) is 5.26. The number of amides is 2. The first-order valence-corrected chi connectivity index (χ1v) is 8.75. The third kappa shape index (κ3) is 4.04. The monoisotopic (exact) mass is 352 g/mol. The molecular formula is C21H24N2O3. The lowest BCUT2D eigenvalue weighted by Crippen LogP contribution is -2.28. The highest BCUT2D eigenvalue weighted by Gasteiger charge is 2.34. The van der Waals surface area contributed by atoms with Crippen molar-refractivity contribution in [1.82, 2.24) is 4.90 Å². The van der Waals surface area contributed by atoms with Gasteiger partial charge in [0.25, 0.3) is 0 Å². The highest BCUT2D eigenvalue weighted by molar-refractivity contribution is 5.97. The molecule has 0 aliphatic carbocycles. The fourth-order valence-corrected chi connectivity index (χ4v) is 3.12. The maximum atomic E-state index is 12.5. The summed E-state index contributed by atoms with van der Waals surface area (Å²) in [4.78, 5) is 26.6. The zero-order chi connectivity index (χ0) is 18.7. The van der Waals surface area contributed by atoms with Crippen molar-refractivity contribution in [2.24, 2.45) is 5.92 Å². The van der Waals surface area contributed by atoms with E-state index in [1.807, 2.05) is 56.3 Å². The van der Waals surface area contributed by atoms with E-state index in [-0.39, 0.29) is 24.2 Å². The molecule has 3 rings (SSSR count). The van der Waals surface area contributed by atoms with Gasteiger partial charge in [-0.3, -0.25) is 9.59 Å². The number of hydrogen-bond donors (Lipinski definition) is 1. The van der Waals surface area contributed by atoms with Crippen LogP contribution in [0, 0.1) is 19.8 Å². The number of ether oxygens (including phenoxy) is 1. The number of benzene rings is 2. The molecule has 2 aromatic rings. The SMILES string of the molecule is COc1ccc(CN2CC(C(=O)Nc3ccc(C)c(C)c3)CC2=O)cc1. The van der Waals surface area contributed by atoms with Crippen LogP contribution in [0.15, 0.2) is 42.5 Å². The normalized spacial score (nSPS) is 16.7. The van der Waals surface area contributed by atoms with Gasteiger partial charge in [0.05, 0.1) is 13.0 Å². The molecular weight excluding hydrogens is 328 g/mol. The smallest absolute Gasteiger partial charge is 0.229 e. The number of rotatable bonds is 5. The summed E-state index contributed by atoms with van der Waals surface area (Å²) in [5.41, 5.74) is 4.12. The van der Waals surface area contributed by atoms with Crippen molar-refractivity contribution in [1.29, 1.82) is 0 Å². The van der Waals surface area contributed by atoms with Crippen LogP contribution in [0.2, 0.25) is 0 Å². The zero-order valence-electron chi connectivity index (χ0n) is 15.4. The van der Waals surface area contributed by atoms with Crippen molar-refractivity contribution in [3.63, 3.8) is 0 Å². The Morgan fingerprint density at radius 3 is 2.54 bits per heavy atom. The lowest BCUT2D eigenvalue weighted by Gasteiger charge is -2.17. The summed E-state index contributed by atoms with van der Waals surface area (Å²) in [6.45, 7) is 5.01. The van der Waals surface area contributed by atoms with Crippen LogP contribution in [0.25, 0.3) is 0 Å². The van der Waals surface area contributed by atoms with E-state index in [1.54, 1.807) is 12.0 Å². The summed E-state index contributed by atoms with van der Waals surface area (Å²) in [7, 11) is 1.62. The molecule has 0 spiro atoms. The molecule has 1 fully saturated rings. The van der Waals surface area contributed by atoms with Gasteiger partial charge in [-0.25, -0.2) is 0 Å². The number of hydrogen-bond acceptors (Lipinski definition) is 3. The Morgan fingerprint density at radius 1 is 1.15 bits per heavy atom. The van der Waals surface area contributed by atoms with Gasteiger partial charge < -0.3 is 15.0 Å². The molecule has 1 aliphatic rings. The predicted molar refractivity (Wildman–Crippen MR) is 101 cm³/mol. The van der Waals surface area contributed by atoms with Gasteiger partial charge in [-0.2, -0.15) is 0 Å². The van der Waals surface area contributed by atoms with Gasteiger partial charge in [-0.1, -0.05) is 18.2 Å². The van der Waals surface area contributed by atoms with Crippen LogP contribution in [0.4, 0.5) is 5.69 Å². The van der Waals surface area contributed by atoms with Crippen LogP contribution in [-0.2, 0) is 16.1 Å². The van der Waals surface area contributed by atoms with E-state index in [0.717, 1.165) is 22.6 Å². The number of aryl methyl sites for hydroxylation is 2. The van der Waals surface area contributed by atoms with E-state index >= 15 is 0 Å². The average Bonchev–Trinajstić information content (AvgIpc) is 3.00. The lowest BCUT2D eigenvalue weighted by molar-refractivity contribution is -0.128. The van der Waals surface area contributed by atoms with Crippen molar-refractivity contribution in [2.75, 3.05) is 19.0 Å². The molecule has 0 bridgehead atoms. The number of carbonyl (C=O) groups is 2. The summed E-state index contributed by atoms with van der Waals surface area (Å²) >= 11 is 0. The average molecular weight is 352 g/mol. The first-order valence-electron chi connectivity index (χ1n) is 8.75. The molecule has 0 radical (unpaired) electrons. The maximum absolute atomic E-state index is 12.5. The van der Waals surface area contributed by atoms with Crippen LogP contribution < -0.4 is 10.1 Å². The standard InChI is InChI=1S/C21H24N2O3/c1-14-4-7-18(10-15(14)2)22-21(25)17-11-20(24)23(13-17)12-16-5-8-19(26-3)9-6-16/h4-10,17H,11-13H2,1-3H3,(H,22,25). The third-order valence-electron chi connectivity index (χ3n) is 4.89. The highest BCUT2D eigenvalue weighted by Crippen LogP contribution is 2.23. The van der Waals surface area contributed by atoms with E-state index in [1.165, 1.54) is 5.56 Å². The number of nitrogens with zero attached hydrogens (tertiary/aromatic N) is 1. The molecule has 5 heteroatoms. The van der Waals surface area contributed by atoms with Gasteiger partial charge in [0.1, 0.15) is 5.75 Å². The number of anilines is 1. The second kappa shape index (κ2) is 7.60. The Hall–Kier alpha value is -2.82. The van der Waals surface area contributed by atoms with Gasteiger partial charge >= 0.3 is 0 Å². The quantitative estimate of drug-likeness (QED) is 0.898. The van der Waals surface area contributed by atoms with E-state index in [9.17, 15) is 9.59 Å². The third-order valence-corrected chi connectivity index (χ3v) is 4.89. The molecule has 136 valence electrons. The second-order valence-electron chi connectivity index (χ2n) is 6.81. The fourth-order valence-electron chi connectivity index (χ4n) is 3.12. The Morgan fingerprint density at radius 2 is 1.88 bits per heavy atom. The number of nitrogens with one attached hydrogen (secondary N) is 1. The lowest BCUT2D eigenvalue weighted by atomic mass is 10.1. The van der Waals surface area contributed by atoms with Gasteiger partial charge in [-0.15, -0.1) is 0 Å². The van der Waals surface area contributed by atoms with Crippen molar-refractivity contribution < 1.29 is 14.3 Å². The van der Waals surface area contributed by atoms with Crippen molar-refractivity contribution in [3.05, 3.63) is 59.2 Å². The molecule has 1 unspecified atom stereocenters. The number of likely N-dealkylation sites (tertiary alicyclic amines) is 1. The van der Waals surface area contributed by atoms with Gasteiger partial charge in [0.15, 0.2) is 0 Å². The minimum absolute atomic E-state index is 0.0149. The number of carbonyl (C=O) groups excluding carboxylic acids is 2. The van der Waals surface area contributed by atoms with Crippen LogP contribution in [-0.4, -0.2) is 30.4 Å². The summed E-state index contributed by atoms with van der Waals surface area (Å²) < 4.78 is 5.15. The minimum Gasteiger partial charge on any atom is -0.497 e. The molecule has 1 atom stereocenters. The first kappa shape index (κ1) is 18.0. The molecule has 26 heavy (non-hydrogen) atoms. The largest absolute Gasteiger partial charge is 0.497 e. The van der Waals surface area contributed by atoms with Crippen molar-refractivity contribution >= 4 is 17.5 Å². The Bertz CT molecular complexity index is 815. The second-order valence-corrected chi connectivity index (χ2v) is 6.81. The zero-order valence-corrected chi connectivity index (χ0v) is 15.4. The molecule has 0 saturated carbocycles. The van der Waals surface area contributed by atoms with Crippen LogP contribution >= 0.6 is 0 Å². The summed E-state index contributed by atoms with van der Waals surface area (Å²) in [6.07, 6.45) is 0.257. The first-order chi connectivity index (χ1) is 12.5. The molecule has 5 nitrogen and oxygen atoms in total. The van der Waals surface area contributed by atoms with E-state index in [4.69, 9.17) is 4.74 Å². The van der Waals surface area contributed by atoms with Crippen LogP contribution in [0.1, 0.15) is 23.1 Å². The Labute approximate surface area is 154 Å². The topological polar surface area (TPSA) is 58.6 Å². The van der Waals surface area contributed by atoms with Gasteiger partial charge in [0.2, 0.25) is 11.8 Å².